The number of nitrogens with two attached hydrogens (primary N) is 1. The molecule has 20 heavy (non-hydrogen) atoms. The molecule has 0 amide bonds. The Morgan fingerprint density at radius 2 is 2.20 bits per heavy atom. The predicted molar refractivity (Wildman–Crippen MR) is 81.4 cm³/mol. The largest absolute Gasteiger partial charge is 0.492 e. The summed E-state index contributed by atoms with van der Waals surface area (Å²) < 4.78 is 11.6. The van der Waals surface area contributed by atoms with Crippen molar-refractivity contribution in [2.75, 3.05) is 30.4 Å². The van der Waals surface area contributed by atoms with Gasteiger partial charge in [-0.05, 0) is 31.9 Å². The van der Waals surface area contributed by atoms with Crippen LogP contribution in [0.3, 0.4) is 0 Å². The number of rotatable bonds is 3. The van der Waals surface area contributed by atoms with Crippen molar-refractivity contribution >= 4 is 11.4 Å². The van der Waals surface area contributed by atoms with Crippen LogP contribution in [0.15, 0.2) is 18.2 Å². The summed E-state index contributed by atoms with van der Waals surface area (Å²) in [5, 5.41) is 0. The third kappa shape index (κ3) is 2.44. The monoisotopic (exact) mass is 276 g/mol. The highest BCUT2D eigenvalue weighted by Gasteiger charge is 2.35. The second kappa shape index (κ2) is 5.92. The lowest BCUT2D eigenvalue weighted by Gasteiger charge is -2.45. The molecule has 1 aromatic carbocycles. The Labute approximate surface area is 120 Å². The van der Waals surface area contributed by atoms with E-state index in [0.29, 0.717) is 18.8 Å². The van der Waals surface area contributed by atoms with E-state index < -0.39 is 0 Å². The zero-order valence-corrected chi connectivity index (χ0v) is 12.2. The molecule has 1 aromatic rings. The van der Waals surface area contributed by atoms with Gasteiger partial charge < -0.3 is 20.1 Å². The molecule has 110 valence electrons. The van der Waals surface area contributed by atoms with Crippen LogP contribution in [0.2, 0.25) is 0 Å². The first-order valence-corrected chi connectivity index (χ1v) is 7.70. The molecule has 1 heterocycles. The Hall–Kier alpha value is -1.42. The first-order chi connectivity index (χ1) is 9.81. The van der Waals surface area contributed by atoms with Gasteiger partial charge in [0.1, 0.15) is 5.75 Å². The lowest BCUT2D eigenvalue weighted by atomic mass is 9.89. The molecule has 3 rings (SSSR count). The average Bonchev–Trinajstić information content (AvgIpc) is 2.49. The molecule has 0 radical (unpaired) electrons. The molecule has 2 unspecified atom stereocenters. The van der Waals surface area contributed by atoms with Crippen molar-refractivity contribution in [3.05, 3.63) is 18.2 Å². The molecule has 0 spiro atoms. The van der Waals surface area contributed by atoms with Gasteiger partial charge in [-0.15, -0.1) is 0 Å². The maximum atomic E-state index is 6.31. The fourth-order valence-corrected chi connectivity index (χ4v) is 3.46. The van der Waals surface area contributed by atoms with Crippen LogP contribution in [0.1, 0.15) is 32.6 Å². The maximum Gasteiger partial charge on any atom is 0.144 e. The SMILES string of the molecule is CCOc1cccc(N2CCOC3CCCCC32)c1N. The van der Waals surface area contributed by atoms with Crippen molar-refractivity contribution in [2.45, 2.75) is 44.8 Å². The van der Waals surface area contributed by atoms with Crippen molar-refractivity contribution in [1.82, 2.24) is 0 Å². The topological polar surface area (TPSA) is 47.7 Å². The van der Waals surface area contributed by atoms with Crippen LogP contribution in [0.4, 0.5) is 11.4 Å². The van der Waals surface area contributed by atoms with E-state index >= 15 is 0 Å². The summed E-state index contributed by atoms with van der Waals surface area (Å²) in [5.41, 5.74) is 8.19. The quantitative estimate of drug-likeness (QED) is 0.862. The van der Waals surface area contributed by atoms with E-state index in [1.54, 1.807) is 0 Å². The number of ether oxygens (including phenoxy) is 2. The molecule has 1 saturated carbocycles. The number of fused-ring (bicyclic) bond motifs is 1. The molecule has 1 saturated heterocycles. The zero-order valence-electron chi connectivity index (χ0n) is 12.2. The number of hydrogen-bond donors (Lipinski definition) is 1. The van der Waals surface area contributed by atoms with Gasteiger partial charge in [0.05, 0.1) is 36.7 Å². The summed E-state index contributed by atoms with van der Waals surface area (Å²) in [6.07, 6.45) is 5.30. The fourth-order valence-electron chi connectivity index (χ4n) is 3.46. The number of hydrogen-bond acceptors (Lipinski definition) is 4. The van der Waals surface area contributed by atoms with Crippen LogP contribution in [-0.4, -0.2) is 31.9 Å². The Morgan fingerprint density at radius 3 is 3.05 bits per heavy atom. The number of benzene rings is 1. The lowest BCUT2D eigenvalue weighted by Crippen LogP contribution is -2.53. The van der Waals surface area contributed by atoms with Crippen molar-refractivity contribution in [1.29, 1.82) is 0 Å². The molecular weight excluding hydrogens is 252 g/mol. The van der Waals surface area contributed by atoms with Crippen LogP contribution in [0.5, 0.6) is 5.75 Å². The molecule has 2 fully saturated rings. The van der Waals surface area contributed by atoms with E-state index in [1.807, 2.05) is 19.1 Å². The fraction of sp³-hybridized carbons (Fsp3) is 0.625. The minimum atomic E-state index is 0.368. The minimum Gasteiger partial charge on any atom is -0.492 e. The maximum absolute atomic E-state index is 6.31. The summed E-state index contributed by atoms with van der Waals surface area (Å²) in [6.45, 7) is 4.33. The minimum absolute atomic E-state index is 0.368. The third-order valence-corrected chi connectivity index (χ3v) is 4.38. The molecule has 1 aliphatic heterocycles. The molecule has 1 aliphatic carbocycles. The van der Waals surface area contributed by atoms with Gasteiger partial charge in [0.2, 0.25) is 0 Å². The van der Waals surface area contributed by atoms with Crippen LogP contribution in [0.25, 0.3) is 0 Å². The third-order valence-electron chi connectivity index (χ3n) is 4.38. The Bertz CT molecular complexity index is 462. The van der Waals surface area contributed by atoms with Gasteiger partial charge in [0.25, 0.3) is 0 Å². The second-order valence-corrected chi connectivity index (χ2v) is 5.58. The normalized spacial score (nSPS) is 26.1. The highest BCUT2D eigenvalue weighted by Crippen LogP contribution is 2.38. The van der Waals surface area contributed by atoms with E-state index in [0.717, 1.165) is 30.3 Å². The smallest absolute Gasteiger partial charge is 0.144 e. The molecule has 2 N–H and O–H groups in total. The van der Waals surface area contributed by atoms with Crippen LogP contribution in [-0.2, 0) is 4.74 Å². The highest BCUT2D eigenvalue weighted by molar-refractivity contribution is 5.74. The Balaban J connectivity index is 1.89. The van der Waals surface area contributed by atoms with Gasteiger partial charge in [0, 0.05) is 6.54 Å². The number of nitrogen functional groups attached to an aromatic ring is 1. The lowest BCUT2D eigenvalue weighted by molar-refractivity contribution is -0.00863. The van der Waals surface area contributed by atoms with E-state index in [9.17, 15) is 0 Å². The average molecular weight is 276 g/mol. The number of anilines is 2. The van der Waals surface area contributed by atoms with E-state index in [-0.39, 0.29) is 0 Å². The number of para-hydroxylation sites is 1. The summed E-state index contributed by atoms with van der Waals surface area (Å²) in [6, 6.07) is 6.55. The molecule has 0 bridgehead atoms. The summed E-state index contributed by atoms with van der Waals surface area (Å²) in [7, 11) is 0. The Kier molecular flexibility index (Phi) is 4.01. The van der Waals surface area contributed by atoms with Crippen molar-refractivity contribution in [2.24, 2.45) is 0 Å². The Morgan fingerprint density at radius 1 is 1.35 bits per heavy atom. The number of morpholine rings is 1. The van der Waals surface area contributed by atoms with Crippen molar-refractivity contribution in [3.8, 4) is 5.75 Å². The molecule has 2 atom stereocenters. The van der Waals surface area contributed by atoms with Gasteiger partial charge in [-0.25, -0.2) is 0 Å². The summed E-state index contributed by atoms with van der Waals surface area (Å²) >= 11 is 0. The van der Waals surface area contributed by atoms with Crippen molar-refractivity contribution in [3.63, 3.8) is 0 Å². The molecular formula is C16H24N2O2. The summed E-state index contributed by atoms with van der Waals surface area (Å²) in [5.74, 6) is 0.795. The highest BCUT2D eigenvalue weighted by atomic mass is 16.5. The van der Waals surface area contributed by atoms with Gasteiger partial charge in [-0.3, -0.25) is 0 Å². The molecule has 0 aromatic heterocycles. The van der Waals surface area contributed by atoms with E-state index in [2.05, 4.69) is 11.0 Å². The molecule has 4 nitrogen and oxygen atoms in total. The van der Waals surface area contributed by atoms with E-state index in [4.69, 9.17) is 15.2 Å². The summed E-state index contributed by atoms with van der Waals surface area (Å²) in [4.78, 5) is 2.44. The number of nitrogens with zero attached hydrogens (tertiary/aromatic N) is 1. The van der Waals surface area contributed by atoms with Gasteiger partial charge in [-0.1, -0.05) is 18.9 Å². The standard InChI is InChI=1S/C16H24N2O2/c1-2-19-15-9-5-7-13(16(15)17)18-10-11-20-14-8-4-3-6-12(14)18/h5,7,9,12,14H,2-4,6,8,10-11,17H2,1H3. The zero-order chi connectivity index (χ0) is 13.9. The van der Waals surface area contributed by atoms with Gasteiger partial charge in [-0.2, -0.15) is 0 Å². The van der Waals surface area contributed by atoms with Gasteiger partial charge >= 0.3 is 0 Å². The first-order valence-electron chi connectivity index (χ1n) is 7.70. The predicted octanol–water partition coefficient (Wildman–Crippen LogP) is 2.82. The first kappa shape index (κ1) is 13.6. The molecule has 2 aliphatic rings. The van der Waals surface area contributed by atoms with Crippen LogP contribution >= 0.6 is 0 Å². The molecule has 4 heteroatoms. The van der Waals surface area contributed by atoms with E-state index in [1.165, 1.54) is 25.7 Å². The van der Waals surface area contributed by atoms with Crippen LogP contribution < -0.4 is 15.4 Å². The van der Waals surface area contributed by atoms with Crippen molar-refractivity contribution < 1.29 is 9.47 Å². The van der Waals surface area contributed by atoms with Crippen LogP contribution in [0, 0.1) is 0 Å². The second-order valence-electron chi connectivity index (χ2n) is 5.58. The van der Waals surface area contributed by atoms with Gasteiger partial charge in [0.15, 0.2) is 0 Å².